The Labute approximate surface area is 66.3 Å². The molecular weight excluding hydrogens is 139 g/mol. The quantitative estimate of drug-likeness (QED) is 0.545. The van der Waals surface area contributed by atoms with Crippen LogP contribution in [0.1, 0.15) is 18.1 Å². The molecule has 56 valence electrons. The van der Waals surface area contributed by atoms with Crippen LogP contribution in [0.4, 0.5) is 0 Å². The Kier molecular flexibility index (Phi) is 4.31. The van der Waals surface area contributed by atoms with Crippen molar-refractivity contribution in [3.05, 3.63) is 35.4 Å². The van der Waals surface area contributed by atoms with E-state index < -0.39 is 0 Å². The first-order valence-electron chi connectivity index (χ1n) is 3.38. The van der Waals surface area contributed by atoms with Crippen molar-refractivity contribution >= 4 is 9.90 Å². The second kappa shape index (κ2) is 4.46. The average Bonchev–Trinajstić information content (AvgIpc) is 1.88. The van der Waals surface area contributed by atoms with E-state index in [4.69, 9.17) is 0 Å². The van der Waals surface area contributed by atoms with Crippen molar-refractivity contribution in [2.75, 3.05) is 0 Å². The molecule has 0 spiro atoms. The van der Waals surface area contributed by atoms with E-state index in [1.54, 1.807) is 0 Å². The molecule has 0 saturated heterocycles. The molecule has 0 aliphatic rings. The predicted molar refractivity (Wildman–Crippen MR) is 51.7 cm³/mol. The molecule has 1 atom stereocenters. The maximum absolute atomic E-state index is 2.22. The summed E-state index contributed by atoms with van der Waals surface area (Å²) in [5, 5.41) is 0. The molecule has 0 aliphatic heterocycles. The van der Waals surface area contributed by atoms with Crippen molar-refractivity contribution in [1.29, 1.82) is 0 Å². The zero-order valence-electron chi connectivity index (χ0n) is 6.72. The Bertz CT molecular complexity index is 194. The molecule has 0 saturated carbocycles. The predicted octanol–water partition coefficient (Wildman–Crippen LogP) is 2.62. The summed E-state index contributed by atoms with van der Waals surface area (Å²) < 4.78 is 0. The van der Waals surface area contributed by atoms with Crippen LogP contribution >= 0.6 is 9.90 Å². The van der Waals surface area contributed by atoms with Crippen LogP contribution in [-0.4, -0.2) is 0 Å². The summed E-state index contributed by atoms with van der Waals surface area (Å²) >= 11 is 0. The van der Waals surface area contributed by atoms with Crippen LogP contribution < -0.4 is 0 Å². The smallest absolute Gasteiger partial charge is 0.0307 e. The van der Waals surface area contributed by atoms with Gasteiger partial charge in [0, 0.05) is 0 Å². The fourth-order valence-corrected chi connectivity index (χ4v) is 0.932. The van der Waals surface area contributed by atoms with Gasteiger partial charge in [0.2, 0.25) is 0 Å². The molecular formula is C9H15P. The highest BCUT2D eigenvalue weighted by atomic mass is 31.0. The summed E-state index contributed by atoms with van der Waals surface area (Å²) in [6, 6.07) is 8.61. The summed E-state index contributed by atoms with van der Waals surface area (Å²) in [6.07, 6.45) is 1.14. The summed E-state index contributed by atoms with van der Waals surface area (Å²) in [6.45, 7) is 4.30. The number of rotatable bonds is 1. The number of hydrogen-bond acceptors (Lipinski definition) is 0. The monoisotopic (exact) mass is 154 g/mol. The molecule has 0 aliphatic carbocycles. The maximum Gasteiger partial charge on any atom is -0.0307 e. The van der Waals surface area contributed by atoms with E-state index in [1.807, 2.05) is 0 Å². The van der Waals surface area contributed by atoms with E-state index in [-0.39, 0.29) is 9.90 Å². The largest absolute Gasteiger partial charge is 0.153 e. The van der Waals surface area contributed by atoms with E-state index in [9.17, 15) is 0 Å². The lowest BCUT2D eigenvalue weighted by molar-refractivity contribution is 1.13. The van der Waals surface area contributed by atoms with E-state index in [1.165, 1.54) is 11.1 Å². The van der Waals surface area contributed by atoms with Gasteiger partial charge in [-0.1, -0.05) is 36.8 Å². The fraction of sp³-hybridized carbons (Fsp3) is 0.333. The van der Waals surface area contributed by atoms with Crippen molar-refractivity contribution in [3.63, 3.8) is 0 Å². The van der Waals surface area contributed by atoms with Gasteiger partial charge in [0.25, 0.3) is 0 Å². The number of benzene rings is 1. The topological polar surface area (TPSA) is 0 Å². The standard InChI is InChI=1S/C9H12.H3P/c1-3-9-6-4-5-8(2)7-9;/h4-7H,3H2,1-2H3;1H3. The van der Waals surface area contributed by atoms with Crippen LogP contribution in [0.3, 0.4) is 0 Å². The highest BCUT2D eigenvalue weighted by molar-refractivity contribution is 6.92. The van der Waals surface area contributed by atoms with E-state index in [0.717, 1.165) is 6.42 Å². The minimum Gasteiger partial charge on any atom is -0.153 e. The summed E-state index contributed by atoms with van der Waals surface area (Å²) in [7, 11) is 0. The number of aryl methyl sites for hydroxylation is 2. The van der Waals surface area contributed by atoms with Gasteiger partial charge in [0.05, 0.1) is 0 Å². The van der Waals surface area contributed by atoms with Gasteiger partial charge < -0.3 is 0 Å². The second-order valence-corrected chi connectivity index (χ2v) is 2.34. The molecule has 0 aromatic heterocycles. The van der Waals surface area contributed by atoms with Gasteiger partial charge in [0.15, 0.2) is 0 Å². The lowest BCUT2D eigenvalue weighted by atomic mass is 10.1. The molecule has 1 aromatic carbocycles. The SMILES string of the molecule is CCc1cccc(C)c1.P. The normalized spacial score (nSPS) is 8.60. The molecule has 1 aromatic rings. The fourth-order valence-electron chi connectivity index (χ4n) is 0.932. The van der Waals surface area contributed by atoms with Crippen molar-refractivity contribution in [1.82, 2.24) is 0 Å². The molecule has 0 fully saturated rings. The van der Waals surface area contributed by atoms with Gasteiger partial charge in [-0.05, 0) is 18.9 Å². The Morgan fingerprint density at radius 2 is 2.00 bits per heavy atom. The molecule has 0 bridgehead atoms. The third-order valence-electron chi connectivity index (χ3n) is 1.49. The first-order chi connectivity index (χ1) is 4.33. The summed E-state index contributed by atoms with van der Waals surface area (Å²) in [5.74, 6) is 0. The average molecular weight is 154 g/mol. The third-order valence-corrected chi connectivity index (χ3v) is 1.49. The highest BCUT2D eigenvalue weighted by Gasteiger charge is 1.85. The Morgan fingerprint density at radius 1 is 1.30 bits per heavy atom. The summed E-state index contributed by atoms with van der Waals surface area (Å²) in [4.78, 5) is 0. The van der Waals surface area contributed by atoms with Gasteiger partial charge in [0.1, 0.15) is 0 Å². The molecule has 1 heteroatoms. The first kappa shape index (κ1) is 9.65. The Balaban J connectivity index is 0.000000810. The summed E-state index contributed by atoms with van der Waals surface area (Å²) in [5.41, 5.74) is 2.78. The molecule has 0 heterocycles. The molecule has 1 unspecified atom stereocenters. The first-order valence-corrected chi connectivity index (χ1v) is 3.38. The zero-order valence-corrected chi connectivity index (χ0v) is 8.14. The molecule has 1 rings (SSSR count). The van der Waals surface area contributed by atoms with Crippen LogP contribution in [0.25, 0.3) is 0 Å². The van der Waals surface area contributed by atoms with Crippen LogP contribution in [0.2, 0.25) is 0 Å². The van der Waals surface area contributed by atoms with Crippen LogP contribution in [-0.2, 0) is 6.42 Å². The third kappa shape index (κ3) is 2.49. The van der Waals surface area contributed by atoms with Crippen molar-refractivity contribution < 1.29 is 0 Å². The van der Waals surface area contributed by atoms with Crippen LogP contribution in [0.5, 0.6) is 0 Å². The van der Waals surface area contributed by atoms with Gasteiger partial charge in [-0.15, -0.1) is 0 Å². The Hall–Kier alpha value is -0.350. The van der Waals surface area contributed by atoms with E-state index in [2.05, 4.69) is 38.1 Å². The molecule has 0 radical (unpaired) electrons. The highest BCUT2D eigenvalue weighted by Crippen LogP contribution is 2.03. The van der Waals surface area contributed by atoms with Gasteiger partial charge in [-0.3, -0.25) is 0 Å². The van der Waals surface area contributed by atoms with E-state index >= 15 is 0 Å². The van der Waals surface area contributed by atoms with Crippen LogP contribution in [0, 0.1) is 6.92 Å². The lowest BCUT2D eigenvalue weighted by Crippen LogP contribution is -1.78. The van der Waals surface area contributed by atoms with Crippen molar-refractivity contribution in [2.45, 2.75) is 20.3 Å². The molecule has 0 nitrogen and oxygen atoms in total. The Morgan fingerprint density at radius 3 is 2.40 bits per heavy atom. The lowest BCUT2D eigenvalue weighted by Gasteiger charge is -1.95. The second-order valence-electron chi connectivity index (χ2n) is 2.34. The zero-order chi connectivity index (χ0) is 6.69. The van der Waals surface area contributed by atoms with Crippen molar-refractivity contribution in [2.24, 2.45) is 0 Å². The molecule has 0 amide bonds. The van der Waals surface area contributed by atoms with Gasteiger partial charge >= 0.3 is 0 Å². The molecule has 0 N–H and O–H groups in total. The molecule has 10 heavy (non-hydrogen) atoms. The van der Waals surface area contributed by atoms with Crippen molar-refractivity contribution in [3.8, 4) is 0 Å². The minimum atomic E-state index is 0. The maximum atomic E-state index is 2.22. The van der Waals surface area contributed by atoms with Crippen LogP contribution in [0.15, 0.2) is 24.3 Å². The van der Waals surface area contributed by atoms with Gasteiger partial charge in [-0.25, -0.2) is 0 Å². The van der Waals surface area contributed by atoms with E-state index in [0.29, 0.717) is 0 Å². The number of hydrogen-bond donors (Lipinski definition) is 0. The van der Waals surface area contributed by atoms with Gasteiger partial charge in [-0.2, -0.15) is 9.90 Å². The minimum absolute atomic E-state index is 0.